The van der Waals surface area contributed by atoms with E-state index in [1.54, 1.807) is 0 Å². The molecule has 1 nitrogen and oxygen atoms in total. The molecular weight excluding hydrogens is 218 g/mol. The van der Waals surface area contributed by atoms with Crippen molar-refractivity contribution in [3.05, 3.63) is 47.5 Å². The third-order valence-corrected chi connectivity index (χ3v) is 2.94. The fraction of sp³-hybridized carbons (Fsp3) is 0.429. The Balaban J connectivity index is 0.000000280. The zero-order valence-electron chi connectivity index (χ0n) is 9.88. The molecule has 1 heterocycles. The van der Waals surface area contributed by atoms with E-state index >= 15 is 0 Å². The largest absolute Gasteiger partial charge is 0.316 e. The molecule has 2 heteroatoms. The maximum atomic E-state index is 5.80. The maximum absolute atomic E-state index is 5.80. The molecular formula is C14H20ClN. The van der Waals surface area contributed by atoms with Crippen molar-refractivity contribution in [3.63, 3.8) is 0 Å². The Morgan fingerprint density at radius 1 is 1.44 bits per heavy atom. The molecule has 0 amide bonds. The van der Waals surface area contributed by atoms with Crippen molar-refractivity contribution in [1.82, 2.24) is 5.32 Å². The second-order valence-corrected chi connectivity index (χ2v) is 4.37. The van der Waals surface area contributed by atoms with E-state index in [1.165, 1.54) is 12.0 Å². The average molecular weight is 238 g/mol. The van der Waals surface area contributed by atoms with E-state index in [0.29, 0.717) is 5.92 Å². The summed E-state index contributed by atoms with van der Waals surface area (Å²) in [6.07, 6.45) is 4.21. The Bertz CT molecular complexity index is 299. The first-order valence-electron chi connectivity index (χ1n) is 5.85. The van der Waals surface area contributed by atoms with E-state index in [1.807, 2.05) is 18.2 Å². The lowest BCUT2D eigenvalue weighted by Gasteiger charge is -2.07. The molecule has 1 aliphatic rings. The highest BCUT2D eigenvalue weighted by Gasteiger charge is 2.15. The summed E-state index contributed by atoms with van der Waals surface area (Å²) < 4.78 is 0. The molecule has 1 N–H and O–H groups in total. The molecule has 88 valence electrons. The molecule has 0 bridgehead atoms. The molecule has 0 aromatic heterocycles. The van der Waals surface area contributed by atoms with Crippen molar-refractivity contribution < 1.29 is 0 Å². The zero-order valence-corrected chi connectivity index (χ0v) is 10.6. The first-order valence-corrected chi connectivity index (χ1v) is 6.22. The Labute approximate surface area is 104 Å². The molecule has 16 heavy (non-hydrogen) atoms. The monoisotopic (exact) mass is 237 g/mol. The van der Waals surface area contributed by atoms with Crippen LogP contribution in [0.4, 0.5) is 0 Å². The van der Waals surface area contributed by atoms with Gasteiger partial charge in [-0.1, -0.05) is 36.7 Å². The summed E-state index contributed by atoms with van der Waals surface area (Å²) in [7, 11) is 0. The van der Waals surface area contributed by atoms with Gasteiger partial charge in [0.25, 0.3) is 0 Å². The third kappa shape index (κ3) is 4.38. The first-order chi connectivity index (χ1) is 7.77. The van der Waals surface area contributed by atoms with Crippen LogP contribution in [-0.2, 0) is 0 Å². The second kappa shape index (κ2) is 7.48. The van der Waals surface area contributed by atoms with E-state index in [2.05, 4.69) is 31.0 Å². The van der Waals surface area contributed by atoms with Gasteiger partial charge in [0.15, 0.2) is 0 Å². The zero-order chi connectivity index (χ0) is 11.8. The van der Waals surface area contributed by atoms with Crippen molar-refractivity contribution >= 4 is 11.6 Å². The van der Waals surface area contributed by atoms with E-state index in [4.69, 9.17) is 11.6 Å². The summed E-state index contributed by atoms with van der Waals surface area (Å²) in [6, 6.07) is 8.18. The number of hydrogen-bond donors (Lipinski definition) is 1. The van der Waals surface area contributed by atoms with Crippen LogP contribution in [0.3, 0.4) is 0 Å². The third-order valence-electron chi connectivity index (χ3n) is 2.69. The lowest BCUT2D eigenvalue weighted by atomic mass is 9.99. The van der Waals surface area contributed by atoms with Crippen LogP contribution in [0.5, 0.6) is 0 Å². The van der Waals surface area contributed by atoms with Gasteiger partial charge in [0, 0.05) is 11.6 Å². The van der Waals surface area contributed by atoms with E-state index in [9.17, 15) is 0 Å². The number of rotatable bonds is 2. The van der Waals surface area contributed by atoms with Crippen molar-refractivity contribution in [2.45, 2.75) is 25.7 Å². The standard InChI is InChI=1S/C10H12ClN.C4H8/c11-10-3-1-8(2-4-10)9-5-6-12-7-9;1-3-4-2/h1-4,9,12H,5-7H2;3H,1,4H2,2H3. The average Bonchev–Trinajstić information content (AvgIpc) is 2.84. The molecule has 1 atom stereocenters. The van der Waals surface area contributed by atoms with Gasteiger partial charge in [-0.05, 0) is 43.0 Å². The van der Waals surface area contributed by atoms with Crippen LogP contribution in [-0.4, -0.2) is 13.1 Å². The molecule has 0 saturated carbocycles. The summed E-state index contributed by atoms with van der Waals surface area (Å²) in [6.45, 7) is 7.80. The quantitative estimate of drug-likeness (QED) is 0.767. The number of nitrogens with one attached hydrogen (secondary N) is 1. The van der Waals surface area contributed by atoms with Gasteiger partial charge in [-0.15, -0.1) is 6.58 Å². The highest BCUT2D eigenvalue weighted by molar-refractivity contribution is 6.30. The van der Waals surface area contributed by atoms with Gasteiger partial charge in [0.2, 0.25) is 0 Å². The molecule has 1 aromatic rings. The van der Waals surface area contributed by atoms with Gasteiger partial charge in [-0.2, -0.15) is 0 Å². The molecule has 2 rings (SSSR count). The molecule has 1 aromatic carbocycles. The van der Waals surface area contributed by atoms with Gasteiger partial charge in [0.1, 0.15) is 0 Å². The topological polar surface area (TPSA) is 12.0 Å². The van der Waals surface area contributed by atoms with Crippen LogP contribution < -0.4 is 5.32 Å². The Kier molecular flexibility index (Phi) is 6.20. The highest BCUT2D eigenvalue weighted by Crippen LogP contribution is 2.23. The predicted octanol–water partition coefficient (Wildman–Crippen LogP) is 4.00. The summed E-state index contributed by atoms with van der Waals surface area (Å²) in [5.74, 6) is 0.697. The van der Waals surface area contributed by atoms with Crippen LogP contribution in [0, 0.1) is 0 Å². The van der Waals surface area contributed by atoms with Crippen molar-refractivity contribution in [2.24, 2.45) is 0 Å². The van der Waals surface area contributed by atoms with Gasteiger partial charge < -0.3 is 5.32 Å². The fourth-order valence-corrected chi connectivity index (χ4v) is 1.80. The van der Waals surface area contributed by atoms with Crippen LogP contribution in [0.1, 0.15) is 31.2 Å². The van der Waals surface area contributed by atoms with E-state index in [-0.39, 0.29) is 0 Å². The van der Waals surface area contributed by atoms with Crippen LogP contribution in [0.15, 0.2) is 36.9 Å². The molecule has 1 fully saturated rings. The molecule has 0 radical (unpaired) electrons. The first kappa shape index (κ1) is 13.3. The van der Waals surface area contributed by atoms with Gasteiger partial charge in [-0.25, -0.2) is 0 Å². The van der Waals surface area contributed by atoms with Crippen molar-refractivity contribution in [3.8, 4) is 0 Å². The normalized spacial score (nSPS) is 18.8. The van der Waals surface area contributed by atoms with Crippen molar-refractivity contribution in [2.75, 3.05) is 13.1 Å². The van der Waals surface area contributed by atoms with Gasteiger partial charge in [0.05, 0.1) is 0 Å². The van der Waals surface area contributed by atoms with Gasteiger partial charge >= 0.3 is 0 Å². The highest BCUT2D eigenvalue weighted by atomic mass is 35.5. The van der Waals surface area contributed by atoms with Crippen LogP contribution in [0.25, 0.3) is 0 Å². The van der Waals surface area contributed by atoms with Crippen LogP contribution in [0.2, 0.25) is 5.02 Å². The minimum atomic E-state index is 0.697. The number of hydrogen-bond acceptors (Lipinski definition) is 1. The van der Waals surface area contributed by atoms with Crippen LogP contribution >= 0.6 is 11.6 Å². The Morgan fingerprint density at radius 3 is 2.50 bits per heavy atom. The minimum Gasteiger partial charge on any atom is -0.316 e. The number of benzene rings is 1. The fourth-order valence-electron chi connectivity index (χ4n) is 1.67. The molecule has 1 aliphatic heterocycles. The van der Waals surface area contributed by atoms with E-state index < -0.39 is 0 Å². The van der Waals surface area contributed by atoms with Crippen molar-refractivity contribution in [1.29, 1.82) is 0 Å². The minimum absolute atomic E-state index is 0.697. The summed E-state index contributed by atoms with van der Waals surface area (Å²) >= 11 is 5.80. The predicted molar refractivity (Wildman–Crippen MR) is 72.2 cm³/mol. The Hall–Kier alpha value is -0.790. The lowest BCUT2D eigenvalue weighted by Crippen LogP contribution is -2.07. The number of allylic oxidation sites excluding steroid dienone is 1. The Morgan fingerprint density at radius 2 is 2.06 bits per heavy atom. The van der Waals surface area contributed by atoms with Gasteiger partial charge in [-0.3, -0.25) is 0 Å². The maximum Gasteiger partial charge on any atom is 0.0406 e. The number of halogens is 1. The SMILES string of the molecule is C=CCC.Clc1ccc(C2CCNC2)cc1. The summed E-state index contributed by atoms with van der Waals surface area (Å²) in [4.78, 5) is 0. The second-order valence-electron chi connectivity index (χ2n) is 3.94. The summed E-state index contributed by atoms with van der Waals surface area (Å²) in [5, 5.41) is 4.18. The van der Waals surface area contributed by atoms with E-state index in [0.717, 1.165) is 24.5 Å². The lowest BCUT2D eigenvalue weighted by molar-refractivity contribution is 0.763. The molecule has 1 unspecified atom stereocenters. The molecule has 1 saturated heterocycles. The smallest absolute Gasteiger partial charge is 0.0406 e. The molecule has 0 spiro atoms. The summed E-state index contributed by atoms with van der Waals surface area (Å²) in [5.41, 5.74) is 1.41. The molecule has 0 aliphatic carbocycles.